The van der Waals surface area contributed by atoms with E-state index >= 15 is 0 Å². The molecule has 3 aromatic carbocycles. The molecule has 0 fully saturated rings. The highest BCUT2D eigenvalue weighted by Gasteiger charge is 2.25. The summed E-state index contributed by atoms with van der Waals surface area (Å²) < 4.78 is 36.1. The number of fused-ring (bicyclic) bond motifs is 1. The molecular formula is C31H28FNO5. The van der Waals surface area contributed by atoms with Gasteiger partial charge in [-0.25, -0.2) is 9.18 Å². The molecule has 0 aliphatic carbocycles. The molecule has 0 atom stereocenters. The van der Waals surface area contributed by atoms with E-state index in [1.807, 2.05) is 25.1 Å². The number of aryl methyl sites for hydroxylation is 1. The Bertz CT molecular complexity index is 1520. The number of hydrogen-bond donors (Lipinski definition) is 1. The number of hydrogen-bond acceptors (Lipinski definition) is 6. The van der Waals surface area contributed by atoms with Gasteiger partial charge < -0.3 is 23.9 Å². The number of carbonyl (C=O) groups excluding carboxylic acids is 1. The maximum atomic E-state index is 13.8. The minimum Gasteiger partial charge on any atom is -0.496 e. The minimum atomic E-state index is -0.587. The first-order valence-electron chi connectivity index (χ1n) is 12.2. The molecule has 2 heterocycles. The fourth-order valence-corrected chi connectivity index (χ4v) is 4.51. The van der Waals surface area contributed by atoms with Crippen LogP contribution in [-0.4, -0.2) is 25.2 Å². The van der Waals surface area contributed by atoms with Crippen molar-refractivity contribution in [2.24, 2.45) is 0 Å². The van der Waals surface area contributed by atoms with Gasteiger partial charge in [-0.05, 0) is 79.9 Å². The van der Waals surface area contributed by atoms with Crippen LogP contribution in [0.25, 0.3) is 16.7 Å². The van der Waals surface area contributed by atoms with E-state index in [0.717, 1.165) is 33.5 Å². The highest BCUT2D eigenvalue weighted by molar-refractivity contribution is 5.89. The Morgan fingerprint density at radius 1 is 1.00 bits per heavy atom. The quantitative estimate of drug-likeness (QED) is 0.207. The normalized spacial score (nSPS) is 13.7. The fraction of sp³-hybridized carbons (Fsp3) is 0.194. The molecule has 0 saturated carbocycles. The molecule has 1 aromatic heterocycles. The van der Waals surface area contributed by atoms with Gasteiger partial charge in [-0.1, -0.05) is 18.2 Å². The Morgan fingerprint density at radius 2 is 1.84 bits per heavy atom. The average Bonchev–Trinajstić information content (AvgIpc) is 3.44. The predicted octanol–water partition coefficient (Wildman–Crippen LogP) is 7.29. The number of halogens is 1. The van der Waals surface area contributed by atoms with E-state index < -0.39 is 5.97 Å². The van der Waals surface area contributed by atoms with E-state index in [2.05, 4.69) is 31.3 Å². The smallest absolute Gasteiger partial charge is 0.379 e. The van der Waals surface area contributed by atoms with Crippen molar-refractivity contribution in [2.75, 3.05) is 19.0 Å². The zero-order chi connectivity index (χ0) is 26.9. The monoisotopic (exact) mass is 513 g/mol. The van der Waals surface area contributed by atoms with Crippen molar-refractivity contribution in [3.8, 4) is 28.4 Å². The molecule has 0 unspecified atom stereocenters. The molecule has 194 valence electrons. The van der Waals surface area contributed by atoms with Crippen LogP contribution in [0.2, 0.25) is 0 Å². The molecular weight excluding hydrogens is 485 g/mol. The number of carbonyl (C=O) groups is 1. The lowest BCUT2D eigenvalue weighted by atomic mass is 9.88. The van der Waals surface area contributed by atoms with Crippen LogP contribution in [0.15, 0.2) is 83.5 Å². The number of benzene rings is 3. The van der Waals surface area contributed by atoms with Gasteiger partial charge in [-0.15, -0.1) is 0 Å². The Morgan fingerprint density at radius 3 is 2.61 bits per heavy atom. The Hall–Kier alpha value is -4.52. The van der Waals surface area contributed by atoms with Gasteiger partial charge in [0, 0.05) is 28.9 Å². The first-order valence-corrected chi connectivity index (χ1v) is 12.2. The van der Waals surface area contributed by atoms with Crippen LogP contribution in [0.1, 0.15) is 35.5 Å². The zero-order valence-electron chi connectivity index (χ0n) is 21.6. The first-order chi connectivity index (χ1) is 18.2. The van der Waals surface area contributed by atoms with Gasteiger partial charge in [0.1, 0.15) is 29.7 Å². The standard InChI is InChI=1S/C31H28FNO5/c1-19-7-9-22(32)15-28(19)37-18-21-17-31(2,3)33-26-12-8-20(14-25(21)26)24-11-10-23(16-29(24)35-4)38-30(34)27-6-5-13-36-27/h5-17,33H,18H2,1-4H3. The number of furan rings is 1. The summed E-state index contributed by atoms with van der Waals surface area (Å²) in [6.45, 7) is 6.35. The second kappa shape index (κ2) is 10.1. The third kappa shape index (κ3) is 5.27. The average molecular weight is 514 g/mol. The van der Waals surface area contributed by atoms with Gasteiger partial charge in [0.15, 0.2) is 0 Å². The van der Waals surface area contributed by atoms with Crippen LogP contribution in [0, 0.1) is 12.7 Å². The molecule has 0 bridgehead atoms. The fourth-order valence-electron chi connectivity index (χ4n) is 4.51. The van der Waals surface area contributed by atoms with Crippen molar-refractivity contribution < 1.29 is 27.8 Å². The van der Waals surface area contributed by atoms with Crippen molar-refractivity contribution in [1.29, 1.82) is 0 Å². The van der Waals surface area contributed by atoms with Crippen LogP contribution in [0.5, 0.6) is 17.2 Å². The summed E-state index contributed by atoms with van der Waals surface area (Å²) in [7, 11) is 1.57. The van der Waals surface area contributed by atoms with Crippen molar-refractivity contribution in [1.82, 2.24) is 0 Å². The molecule has 7 heteroatoms. The molecule has 0 radical (unpaired) electrons. The lowest BCUT2D eigenvalue weighted by molar-refractivity contribution is 0.0701. The summed E-state index contributed by atoms with van der Waals surface area (Å²) in [6, 6.07) is 19.0. The number of anilines is 1. The van der Waals surface area contributed by atoms with Gasteiger partial charge in [0.05, 0.1) is 18.9 Å². The van der Waals surface area contributed by atoms with E-state index in [1.54, 1.807) is 37.4 Å². The summed E-state index contributed by atoms with van der Waals surface area (Å²) >= 11 is 0. The van der Waals surface area contributed by atoms with Crippen molar-refractivity contribution >= 4 is 17.2 Å². The number of methoxy groups -OCH3 is 1. The van der Waals surface area contributed by atoms with E-state index in [-0.39, 0.29) is 23.7 Å². The second-order valence-electron chi connectivity index (χ2n) is 9.70. The molecule has 1 aliphatic heterocycles. The lowest BCUT2D eigenvalue weighted by Gasteiger charge is -2.32. The highest BCUT2D eigenvalue weighted by atomic mass is 19.1. The van der Waals surface area contributed by atoms with Gasteiger partial charge in [0.2, 0.25) is 5.76 Å². The molecule has 0 spiro atoms. The van der Waals surface area contributed by atoms with Gasteiger partial charge in [-0.2, -0.15) is 0 Å². The van der Waals surface area contributed by atoms with Crippen LogP contribution < -0.4 is 19.5 Å². The molecule has 0 saturated heterocycles. The molecule has 5 rings (SSSR count). The van der Waals surface area contributed by atoms with E-state index in [9.17, 15) is 9.18 Å². The summed E-state index contributed by atoms with van der Waals surface area (Å²) in [4.78, 5) is 12.3. The number of nitrogens with one attached hydrogen (secondary N) is 1. The van der Waals surface area contributed by atoms with Gasteiger partial charge in [0.25, 0.3) is 0 Å². The molecule has 6 nitrogen and oxygen atoms in total. The van der Waals surface area contributed by atoms with Crippen LogP contribution in [-0.2, 0) is 0 Å². The van der Waals surface area contributed by atoms with Crippen molar-refractivity contribution in [3.05, 3.63) is 102 Å². The van der Waals surface area contributed by atoms with Crippen LogP contribution >= 0.6 is 0 Å². The molecule has 0 amide bonds. The van der Waals surface area contributed by atoms with E-state index in [4.69, 9.17) is 18.6 Å². The van der Waals surface area contributed by atoms with Crippen LogP contribution in [0.4, 0.5) is 10.1 Å². The number of rotatable bonds is 7. The molecule has 1 aliphatic rings. The topological polar surface area (TPSA) is 69.9 Å². The number of esters is 1. The van der Waals surface area contributed by atoms with Crippen molar-refractivity contribution in [3.63, 3.8) is 0 Å². The Labute approximate surface area is 220 Å². The van der Waals surface area contributed by atoms with Crippen LogP contribution in [0.3, 0.4) is 0 Å². The maximum absolute atomic E-state index is 13.8. The molecule has 4 aromatic rings. The minimum absolute atomic E-state index is 0.119. The van der Waals surface area contributed by atoms with Crippen molar-refractivity contribution in [2.45, 2.75) is 26.3 Å². The Balaban J connectivity index is 1.44. The molecule has 38 heavy (non-hydrogen) atoms. The lowest BCUT2D eigenvalue weighted by Crippen LogP contribution is -2.32. The number of ether oxygens (including phenoxy) is 3. The Kier molecular flexibility index (Phi) is 6.68. The third-order valence-corrected chi connectivity index (χ3v) is 6.31. The summed E-state index contributed by atoms with van der Waals surface area (Å²) in [5.74, 6) is 0.604. The largest absolute Gasteiger partial charge is 0.496 e. The zero-order valence-corrected chi connectivity index (χ0v) is 21.6. The summed E-state index contributed by atoms with van der Waals surface area (Å²) in [5, 5.41) is 3.55. The SMILES string of the molecule is COc1cc(OC(=O)c2ccco2)ccc1-c1ccc2c(c1)C(COc1cc(F)ccc1C)=CC(C)(C)N2. The summed E-state index contributed by atoms with van der Waals surface area (Å²) in [6.07, 6.45) is 3.54. The third-order valence-electron chi connectivity index (χ3n) is 6.31. The highest BCUT2D eigenvalue weighted by Crippen LogP contribution is 2.40. The maximum Gasteiger partial charge on any atom is 0.379 e. The molecule has 1 N–H and O–H groups in total. The first kappa shape index (κ1) is 25.1. The van der Waals surface area contributed by atoms with E-state index in [0.29, 0.717) is 17.2 Å². The van der Waals surface area contributed by atoms with Gasteiger partial charge in [-0.3, -0.25) is 0 Å². The predicted molar refractivity (Wildman–Crippen MR) is 144 cm³/mol. The second-order valence-corrected chi connectivity index (χ2v) is 9.70. The summed E-state index contributed by atoms with van der Waals surface area (Å²) in [5.41, 5.74) is 5.26. The van der Waals surface area contributed by atoms with E-state index in [1.165, 1.54) is 18.4 Å². The van der Waals surface area contributed by atoms with Gasteiger partial charge >= 0.3 is 5.97 Å².